The molecular weight excluding hydrogens is 356 g/mol. The molecule has 1 aliphatic heterocycles. The molecule has 28 heavy (non-hydrogen) atoms. The molecule has 1 aliphatic rings. The third kappa shape index (κ3) is 3.77. The van der Waals surface area contributed by atoms with Gasteiger partial charge in [-0.3, -0.25) is 9.59 Å². The molecule has 0 spiro atoms. The first-order valence-corrected chi connectivity index (χ1v) is 9.40. The van der Waals surface area contributed by atoms with Crippen molar-refractivity contribution in [2.75, 3.05) is 11.9 Å². The van der Waals surface area contributed by atoms with Crippen LogP contribution in [0.15, 0.2) is 60.8 Å². The number of amides is 1. The van der Waals surface area contributed by atoms with Gasteiger partial charge in [-0.1, -0.05) is 30.3 Å². The fourth-order valence-electron chi connectivity index (χ4n) is 3.82. The Morgan fingerprint density at radius 2 is 1.96 bits per heavy atom. The molecule has 2 aromatic carbocycles. The Bertz CT molecular complexity index is 996. The minimum absolute atomic E-state index is 0.0575. The Hall–Kier alpha value is -3.12. The summed E-state index contributed by atoms with van der Waals surface area (Å²) in [4.78, 5) is 23.9. The van der Waals surface area contributed by atoms with Gasteiger partial charge in [-0.2, -0.15) is 0 Å². The zero-order valence-electron chi connectivity index (χ0n) is 15.4. The number of benzene rings is 2. The molecule has 2 heterocycles. The first-order valence-electron chi connectivity index (χ1n) is 9.40. The highest BCUT2D eigenvalue weighted by Gasteiger charge is 2.33. The van der Waals surface area contributed by atoms with Crippen molar-refractivity contribution in [2.24, 2.45) is 5.92 Å². The van der Waals surface area contributed by atoms with E-state index in [0.29, 0.717) is 12.3 Å². The van der Waals surface area contributed by atoms with Crippen molar-refractivity contribution in [3.63, 3.8) is 0 Å². The number of aliphatic carboxylic acids is 1. The predicted octanol–water partition coefficient (Wildman–Crippen LogP) is 3.83. The fourth-order valence-corrected chi connectivity index (χ4v) is 3.82. The van der Waals surface area contributed by atoms with Crippen molar-refractivity contribution in [1.29, 1.82) is 0 Å². The molecule has 0 saturated carbocycles. The standard InChI is InChI=1S/C22H22N2O4/c25-20(26)14-24-11-10-16-13-17(8-9-19(16)24)23-22(27)18-7-4-12-28-21(18)15-5-2-1-3-6-15/h1-3,5-6,8-11,13,18,21H,4,7,12,14H2,(H,23,27)(H,25,26). The van der Waals surface area contributed by atoms with E-state index in [2.05, 4.69) is 5.32 Å². The molecule has 1 fully saturated rings. The van der Waals surface area contributed by atoms with Crippen LogP contribution in [0.1, 0.15) is 24.5 Å². The maximum atomic E-state index is 13.0. The van der Waals surface area contributed by atoms with E-state index in [1.807, 2.05) is 48.5 Å². The smallest absolute Gasteiger partial charge is 0.323 e. The quantitative estimate of drug-likeness (QED) is 0.707. The number of rotatable bonds is 5. The summed E-state index contributed by atoms with van der Waals surface area (Å²) in [5.74, 6) is -1.19. The lowest BCUT2D eigenvalue weighted by Crippen LogP contribution is -2.33. The number of carbonyl (C=O) groups excluding carboxylic acids is 1. The van der Waals surface area contributed by atoms with E-state index < -0.39 is 5.97 Å². The van der Waals surface area contributed by atoms with Crippen LogP contribution in [0.5, 0.6) is 0 Å². The Labute approximate surface area is 162 Å². The molecule has 4 rings (SSSR count). The minimum atomic E-state index is -0.890. The second-order valence-corrected chi connectivity index (χ2v) is 7.05. The number of nitrogens with one attached hydrogen (secondary N) is 1. The monoisotopic (exact) mass is 378 g/mol. The van der Waals surface area contributed by atoms with E-state index in [-0.39, 0.29) is 24.5 Å². The van der Waals surface area contributed by atoms with Crippen molar-refractivity contribution < 1.29 is 19.4 Å². The minimum Gasteiger partial charge on any atom is -0.480 e. The number of ether oxygens (including phenoxy) is 1. The predicted molar refractivity (Wildman–Crippen MR) is 106 cm³/mol. The summed E-state index contributed by atoms with van der Waals surface area (Å²) in [6.45, 7) is 0.569. The third-order valence-corrected chi connectivity index (χ3v) is 5.13. The van der Waals surface area contributed by atoms with Crippen LogP contribution in [0.25, 0.3) is 10.9 Å². The van der Waals surface area contributed by atoms with Crippen molar-refractivity contribution in [3.05, 3.63) is 66.4 Å². The number of nitrogens with zero attached hydrogens (tertiary/aromatic N) is 1. The van der Waals surface area contributed by atoms with Crippen molar-refractivity contribution in [3.8, 4) is 0 Å². The number of aromatic nitrogens is 1. The zero-order chi connectivity index (χ0) is 19.5. The van der Waals surface area contributed by atoms with Crippen LogP contribution in [0, 0.1) is 5.92 Å². The molecule has 0 bridgehead atoms. The Morgan fingerprint density at radius 1 is 1.14 bits per heavy atom. The van der Waals surface area contributed by atoms with Crippen LogP contribution < -0.4 is 5.32 Å². The second kappa shape index (κ2) is 7.86. The first-order chi connectivity index (χ1) is 13.6. The van der Waals surface area contributed by atoms with Crippen molar-refractivity contribution in [2.45, 2.75) is 25.5 Å². The van der Waals surface area contributed by atoms with E-state index in [1.54, 1.807) is 16.8 Å². The highest BCUT2D eigenvalue weighted by molar-refractivity contribution is 5.95. The highest BCUT2D eigenvalue weighted by atomic mass is 16.5. The maximum Gasteiger partial charge on any atom is 0.323 e. The number of hydrogen-bond acceptors (Lipinski definition) is 3. The normalized spacial score (nSPS) is 19.4. The van der Waals surface area contributed by atoms with Crippen LogP contribution in [0.2, 0.25) is 0 Å². The van der Waals surface area contributed by atoms with Gasteiger partial charge in [-0.05, 0) is 42.7 Å². The molecule has 1 amide bonds. The first kappa shape index (κ1) is 18.3. The fraction of sp³-hybridized carbons (Fsp3) is 0.273. The molecular formula is C22H22N2O4. The Morgan fingerprint density at radius 3 is 2.75 bits per heavy atom. The Kier molecular flexibility index (Phi) is 5.12. The van der Waals surface area contributed by atoms with Gasteiger partial charge in [0.1, 0.15) is 6.54 Å². The highest BCUT2D eigenvalue weighted by Crippen LogP contribution is 2.34. The molecule has 0 aliphatic carbocycles. The summed E-state index contributed by atoms with van der Waals surface area (Å²) >= 11 is 0. The van der Waals surface area contributed by atoms with Crippen molar-refractivity contribution >= 4 is 28.5 Å². The van der Waals surface area contributed by atoms with Gasteiger partial charge in [-0.25, -0.2) is 0 Å². The lowest BCUT2D eigenvalue weighted by Gasteiger charge is -2.31. The van der Waals surface area contributed by atoms with Gasteiger partial charge in [0, 0.05) is 29.4 Å². The van der Waals surface area contributed by atoms with Gasteiger partial charge < -0.3 is 19.7 Å². The number of carboxylic acids is 1. The summed E-state index contributed by atoms with van der Waals surface area (Å²) in [6, 6.07) is 17.2. The number of carboxylic acid groups (broad SMARTS) is 1. The summed E-state index contributed by atoms with van der Waals surface area (Å²) in [6.07, 6.45) is 3.14. The van der Waals surface area contributed by atoms with E-state index in [1.165, 1.54) is 0 Å². The molecule has 1 aromatic heterocycles. The number of hydrogen-bond donors (Lipinski definition) is 2. The topological polar surface area (TPSA) is 80.6 Å². The van der Waals surface area contributed by atoms with E-state index in [0.717, 1.165) is 29.3 Å². The number of anilines is 1. The van der Waals surface area contributed by atoms with Crippen LogP contribution >= 0.6 is 0 Å². The molecule has 0 radical (unpaired) electrons. The molecule has 2 N–H and O–H groups in total. The van der Waals surface area contributed by atoms with Gasteiger partial charge in [0.15, 0.2) is 0 Å². The van der Waals surface area contributed by atoms with Gasteiger partial charge in [0.05, 0.1) is 12.0 Å². The maximum absolute atomic E-state index is 13.0. The average molecular weight is 378 g/mol. The lowest BCUT2D eigenvalue weighted by molar-refractivity contribution is -0.137. The van der Waals surface area contributed by atoms with Crippen LogP contribution in [0.4, 0.5) is 5.69 Å². The summed E-state index contributed by atoms with van der Waals surface area (Å²) in [7, 11) is 0. The number of carbonyl (C=O) groups is 2. The van der Waals surface area contributed by atoms with E-state index in [9.17, 15) is 9.59 Å². The van der Waals surface area contributed by atoms with E-state index in [4.69, 9.17) is 9.84 Å². The summed E-state index contributed by atoms with van der Waals surface area (Å²) < 4.78 is 7.60. The molecule has 1 saturated heterocycles. The largest absolute Gasteiger partial charge is 0.480 e. The molecule has 3 aromatic rings. The summed E-state index contributed by atoms with van der Waals surface area (Å²) in [5.41, 5.74) is 2.54. The SMILES string of the molecule is O=C(O)Cn1ccc2cc(NC(=O)C3CCCOC3c3ccccc3)ccc21. The van der Waals surface area contributed by atoms with Gasteiger partial charge in [0.25, 0.3) is 0 Å². The third-order valence-electron chi connectivity index (χ3n) is 5.13. The summed E-state index contributed by atoms with van der Waals surface area (Å²) in [5, 5.41) is 12.9. The van der Waals surface area contributed by atoms with Crippen LogP contribution in [-0.2, 0) is 20.9 Å². The lowest BCUT2D eigenvalue weighted by atomic mass is 9.88. The molecule has 144 valence electrons. The van der Waals surface area contributed by atoms with Crippen LogP contribution in [0.3, 0.4) is 0 Å². The van der Waals surface area contributed by atoms with Gasteiger partial charge >= 0.3 is 5.97 Å². The van der Waals surface area contributed by atoms with Gasteiger partial charge in [-0.15, -0.1) is 0 Å². The Balaban J connectivity index is 1.53. The average Bonchev–Trinajstić information content (AvgIpc) is 3.10. The number of fused-ring (bicyclic) bond motifs is 1. The molecule has 2 unspecified atom stereocenters. The van der Waals surface area contributed by atoms with E-state index >= 15 is 0 Å². The van der Waals surface area contributed by atoms with Gasteiger partial charge in [0.2, 0.25) is 5.91 Å². The van der Waals surface area contributed by atoms with Crippen LogP contribution in [-0.4, -0.2) is 28.2 Å². The molecule has 6 nitrogen and oxygen atoms in total. The second-order valence-electron chi connectivity index (χ2n) is 7.05. The molecule has 6 heteroatoms. The zero-order valence-corrected chi connectivity index (χ0v) is 15.4. The van der Waals surface area contributed by atoms with Crippen molar-refractivity contribution in [1.82, 2.24) is 4.57 Å². The molecule has 2 atom stereocenters.